The van der Waals surface area contributed by atoms with Crippen LogP contribution in [-0.2, 0) is 27.1 Å². The van der Waals surface area contributed by atoms with Crippen molar-refractivity contribution >= 4 is 38.9 Å². The number of aromatic nitrogens is 1. The molecule has 10 heteroatoms. The molecule has 0 aliphatic rings. The molecule has 0 saturated heterocycles. The SMILES string of the molecule is COCc1nc(C(=O)NS(=O)(=O)Cc2ccc(Cl)c(F)c2)cs1. The number of hydrogen-bond acceptors (Lipinski definition) is 6. The molecule has 124 valence electrons. The number of methoxy groups -OCH3 is 1. The molecule has 1 aromatic heterocycles. The van der Waals surface area contributed by atoms with E-state index >= 15 is 0 Å². The highest BCUT2D eigenvalue weighted by atomic mass is 35.5. The van der Waals surface area contributed by atoms with Gasteiger partial charge in [-0.15, -0.1) is 11.3 Å². The molecule has 0 atom stereocenters. The third kappa shape index (κ3) is 4.96. The van der Waals surface area contributed by atoms with Gasteiger partial charge in [-0.1, -0.05) is 17.7 Å². The number of ether oxygens (including phenoxy) is 1. The van der Waals surface area contributed by atoms with Gasteiger partial charge in [-0.2, -0.15) is 0 Å². The minimum absolute atomic E-state index is 0.0205. The standard InChI is InChI=1S/C13H12ClFN2O4S2/c1-21-5-12-16-11(6-22-12)13(18)17-23(19,20)7-8-2-3-9(14)10(15)4-8/h2-4,6H,5,7H2,1H3,(H,17,18). The summed E-state index contributed by atoms with van der Waals surface area (Å²) >= 11 is 6.71. The van der Waals surface area contributed by atoms with Gasteiger partial charge in [0, 0.05) is 12.5 Å². The molecule has 1 heterocycles. The van der Waals surface area contributed by atoms with Gasteiger partial charge in [-0.3, -0.25) is 4.79 Å². The van der Waals surface area contributed by atoms with Crippen molar-refractivity contribution in [2.24, 2.45) is 0 Å². The van der Waals surface area contributed by atoms with E-state index in [0.717, 1.165) is 6.07 Å². The van der Waals surface area contributed by atoms with Crippen LogP contribution in [0.1, 0.15) is 21.1 Å². The lowest BCUT2D eigenvalue weighted by Crippen LogP contribution is -2.31. The van der Waals surface area contributed by atoms with E-state index in [-0.39, 0.29) is 22.9 Å². The van der Waals surface area contributed by atoms with Crippen LogP contribution in [0.2, 0.25) is 5.02 Å². The normalized spacial score (nSPS) is 11.4. The van der Waals surface area contributed by atoms with Crippen LogP contribution in [0.4, 0.5) is 4.39 Å². The third-order valence-corrected chi connectivity index (χ3v) is 4.98. The maximum absolute atomic E-state index is 13.3. The highest BCUT2D eigenvalue weighted by Crippen LogP contribution is 2.17. The molecule has 2 aromatic rings. The third-order valence-electron chi connectivity index (χ3n) is 2.64. The van der Waals surface area contributed by atoms with E-state index in [1.165, 1.54) is 36.0 Å². The maximum Gasteiger partial charge on any atom is 0.284 e. The lowest BCUT2D eigenvalue weighted by atomic mass is 10.2. The zero-order valence-electron chi connectivity index (χ0n) is 11.9. The summed E-state index contributed by atoms with van der Waals surface area (Å²) in [6, 6.07) is 3.63. The molecule has 6 nitrogen and oxygen atoms in total. The van der Waals surface area contributed by atoms with Crippen molar-refractivity contribution in [3.05, 3.63) is 50.7 Å². The zero-order chi connectivity index (χ0) is 17.0. The number of thiazole rings is 1. The molecule has 2 rings (SSSR count). The second-order valence-electron chi connectivity index (χ2n) is 4.50. The summed E-state index contributed by atoms with van der Waals surface area (Å²) in [6.45, 7) is 0.231. The topological polar surface area (TPSA) is 85.4 Å². The lowest BCUT2D eigenvalue weighted by molar-refractivity contribution is 0.0976. The van der Waals surface area contributed by atoms with Crippen LogP contribution >= 0.6 is 22.9 Å². The molecule has 0 fully saturated rings. The molecule has 1 amide bonds. The van der Waals surface area contributed by atoms with Gasteiger partial charge < -0.3 is 4.74 Å². The Kier molecular flexibility index (Phi) is 5.69. The fourth-order valence-corrected chi connectivity index (χ4v) is 3.62. The van der Waals surface area contributed by atoms with Crippen molar-refractivity contribution in [2.45, 2.75) is 12.4 Å². The highest BCUT2D eigenvalue weighted by molar-refractivity contribution is 7.89. The molecule has 1 aromatic carbocycles. The number of carbonyl (C=O) groups excluding carboxylic acids is 1. The average molecular weight is 379 g/mol. The number of halogens is 2. The van der Waals surface area contributed by atoms with Gasteiger partial charge in [-0.25, -0.2) is 22.5 Å². The van der Waals surface area contributed by atoms with E-state index in [4.69, 9.17) is 16.3 Å². The summed E-state index contributed by atoms with van der Waals surface area (Å²) in [5.41, 5.74) is 0.151. The van der Waals surface area contributed by atoms with Crippen molar-refractivity contribution in [3.63, 3.8) is 0 Å². The van der Waals surface area contributed by atoms with E-state index in [1.807, 2.05) is 4.72 Å². The van der Waals surface area contributed by atoms with Gasteiger partial charge in [0.15, 0.2) is 0 Å². The fourth-order valence-electron chi connectivity index (χ4n) is 1.68. The molecule has 0 radical (unpaired) electrons. The van der Waals surface area contributed by atoms with Gasteiger partial charge in [0.25, 0.3) is 5.91 Å². The number of nitrogens with one attached hydrogen (secondary N) is 1. The minimum Gasteiger partial charge on any atom is -0.378 e. The summed E-state index contributed by atoms with van der Waals surface area (Å²) in [5, 5.41) is 1.87. The zero-order valence-corrected chi connectivity index (χ0v) is 14.3. The molecule has 0 aliphatic carbocycles. The van der Waals surface area contributed by atoms with Crippen LogP contribution in [0.25, 0.3) is 0 Å². The first-order valence-corrected chi connectivity index (χ1v) is 9.14. The van der Waals surface area contributed by atoms with Crippen LogP contribution in [0.3, 0.4) is 0 Å². The Hall–Kier alpha value is -1.55. The van der Waals surface area contributed by atoms with Crippen LogP contribution in [0, 0.1) is 5.82 Å². The summed E-state index contributed by atoms with van der Waals surface area (Å²) in [4.78, 5) is 15.9. The van der Waals surface area contributed by atoms with Crippen LogP contribution < -0.4 is 4.72 Å². The second-order valence-corrected chi connectivity index (χ2v) is 7.57. The Balaban J connectivity index is 2.07. The first kappa shape index (κ1) is 17.8. The van der Waals surface area contributed by atoms with Gasteiger partial charge in [0.05, 0.1) is 17.4 Å². The molecule has 1 N–H and O–H groups in total. The highest BCUT2D eigenvalue weighted by Gasteiger charge is 2.19. The Labute approximate surface area is 141 Å². The van der Waals surface area contributed by atoms with Crippen LogP contribution in [0.15, 0.2) is 23.6 Å². The number of nitrogens with zero attached hydrogens (tertiary/aromatic N) is 1. The number of sulfonamides is 1. The molecular weight excluding hydrogens is 367 g/mol. The molecule has 0 saturated carbocycles. The predicted molar refractivity (Wildman–Crippen MR) is 84.3 cm³/mol. The number of hydrogen-bond donors (Lipinski definition) is 1. The van der Waals surface area contributed by atoms with Crippen molar-refractivity contribution in [3.8, 4) is 0 Å². The minimum atomic E-state index is -3.99. The average Bonchev–Trinajstić information content (AvgIpc) is 2.91. The van der Waals surface area contributed by atoms with Crippen molar-refractivity contribution in [1.29, 1.82) is 0 Å². The molecule has 0 unspecified atom stereocenters. The van der Waals surface area contributed by atoms with Gasteiger partial charge >= 0.3 is 0 Å². The number of benzene rings is 1. The van der Waals surface area contributed by atoms with Crippen molar-refractivity contribution in [2.75, 3.05) is 7.11 Å². The largest absolute Gasteiger partial charge is 0.378 e. The first-order chi connectivity index (χ1) is 10.8. The van der Waals surface area contributed by atoms with Gasteiger partial charge in [-0.05, 0) is 17.7 Å². The Bertz CT molecular complexity index is 823. The van der Waals surface area contributed by atoms with Crippen LogP contribution in [-0.4, -0.2) is 26.4 Å². The molecular formula is C13H12ClFN2O4S2. The lowest BCUT2D eigenvalue weighted by Gasteiger charge is -2.06. The fraction of sp³-hybridized carbons (Fsp3) is 0.231. The Morgan fingerprint density at radius 1 is 1.48 bits per heavy atom. The second kappa shape index (κ2) is 7.35. The van der Waals surface area contributed by atoms with Crippen LogP contribution in [0.5, 0.6) is 0 Å². The van der Waals surface area contributed by atoms with E-state index in [1.54, 1.807) is 0 Å². The summed E-state index contributed by atoms with van der Waals surface area (Å²) in [5.74, 6) is -2.13. The number of rotatable bonds is 6. The van der Waals surface area contributed by atoms with Crippen molar-refractivity contribution in [1.82, 2.24) is 9.71 Å². The first-order valence-electron chi connectivity index (χ1n) is 6.23. The predicted octanol–water partition coefficient (Wildman–Crippen LogP) is 2.34. The maximum atomic E-state index is 13.3. The summed E-state index contributed by atoms with van der Waals surface area (Å²) < 4.78 is 44.0. The smallest absolute Gasteiger partial charge is 0.284 e. The number of amides is 1. The summed E-state index contributed by atoms with van der Waals surface area (Å²) in [7, 11) is -2.51. The molecule has 0 bridgehead atoms. The van der Waals surface area contributed by atoms with E-state index in [2.05, 4.69) is 4.98 Å². The number of carbonyl (C=O) groups is 1. The summed E-state index contributed by atoms with van der Waals surface area (Å²) in [6.07, 6.45) is 0. The molecule has 0 spiro atoms. The van der Waals surface area contributed by atoms with E-state index in [9.17, 15) is 17.6 Å². The van der Waals surface area contributed by atoms with E-state index < -0.39 is 27.5 Å². The Morgan fingerprint density at radius 3 is 2.87 bits per heavy atom. The van der Waals surface area contributed by atoms with Gasteiger partial charge in [0.2, 0.25) is 10.0 Å². The molecule has 23 heavy (non-hydrogen) atoms. The quantitative estimate of drug-likeness (QED) is 0.833. The monoisotopic (exact) mass is 378 g/mol. The van der Waals surface area contributed by atoms with Crippen molar-refractivity contribution < 1.29 is 22.3 Å². The van der Waals surface area contributed by atoms with E-state index in [0.29, 0.717) is 5.01 Å². The Morgan fingerprint density at radius 2 is 2.22 bits per heavy atom. The molecule has 0 aliphatic heterocycles. The van der Waals surface area contributed by atoms with Gasteiger partial charge in [0.1, 0.15) is 16.5 Å².